The minimum atomic E-state index is 0.229. The van der Waals surface area contributed by atoms with E-state index in [1.807, 2.05) is 6.08 Å². The molecule has 1 saturated heterocycles. The Morgan fingerprint density at radius 2 is 2.46 bits per heavy atom. The molecular weight excluding hydrogens is 184 g/mol. The minimum absolute atomic E-state index is 0.229. The van der Waals surface area contributed by atoms with Crippen molar-refractivity contribution in [2.45, 2.75) is 25.0 Å². The van der Waals surface area contributed by atoms with Crippen LogP contribution in [0.1, 0.15) is 12.8 Å². The number of epoxide rings is 1. The van der Waals surface area contributed by atoms with Crippen molar-refractivity contribution < 1.29 is 13.9 Å². The molecule has 4 heteroatoms. The van der Waals surface area contributed by atoms with Crippen LogP contribution in [0, 0.1) is 0 Å². The van der Waals surface area contributed by atoms with E-state index in [9.17, 15) is 0 Å². The maximum Gasteiger partial charge on any atom is 0.146 e. The van der Waals surface area contributed by atoms with Gasteiger partial charge in [0.1, 0.15) is 16.6 Å². The van der Waals surface area contributed by atoms with Crippen molar-refractivity contribution in [1.82, 2.24) is 0 Å². The van der Waals surface area contributed by atoms with E-state index in [1.165, 1.54) is 0 Å². The van der Waals surface area contributed by atoms with Gasteiger partial charge in [-0.1, -0.05) is 6.08 Å². The molecule has 13 heavy (non-hydrogen) atoms. The van der Waals surface area contributed by atoms with Gasteiger partial charge in [0.15, 0.2) is 0 Å². The summed E-state index contributed by atoms with van der Waals surface area (Å²) in [6.45, 7) is 6.13. The average molecular weight is 202 g/mol. The Balaban J connectivity index is 1.83. The zero-order valence-corrected chi connectivity index (χ0v) is 10.2. The Morgan fingerprint density at radius 3 is 3.00 bits per heavy atom. The summed E-state index contributed by atoms with van der Waals surface area (Å²) in [6.07, 6.45) is 4.51. The molecule has 0 aliphatic carbocycles. The van der Waals surface area contributed by atoms with E-state index in [4.69, 9.17) is 13.9 Å². The molecule has 0 aromatic carbocycles. The van der Waals surface area contributed by atoms with Crippen LogP contribution in [0.2, 0.25) is 0 Å². The topological polar surface area (TPSA) is 31.0 Å². The predicted molar refractivity (Wildman–Crippen MR) is 54.8 cm³/mol. The number of ether oxygens (including phenoxy) is 2. The molecule has 1 rings (SSSR count). The number of rotatable bonds is 8. The molecule has 2 atom stereocenters. The highest BCUT2D eigenvalue weighted by atomic mass is 28.2. The van der Waals surface area contributed by atoms with Crippen LogP contribution in [0.3, 0.4) is 0 Å². The first kappa shape index (κ1) is 10.9. The van der Waals surface area contributed by atoms with Gasteiger partial charge in [-0.15, -0.1) is 6.58 Å². The first-order valence-electron chi connectivity index (χ1n) is 4.71. The summed E-state index contributed by atoms with van der Waals surface area (Å²) in [5, 5.41) is 0. The van der Waals surface area contributed by atoms with Crippen molar-refractivity contribution in [3.8, 4) is 0 Å². The van der Waals surface area contributed by atoms with Gasteiger partial charge >= 0.3 is 0 Å². The van der Waals surface area contributed by atoms with E-state index in [-0.39, 0.29) is 6.10 Å². The quantitative estimate of drug-likeness (QED) is 0.241. The van der Waals surface area contributed by atoms with Crippen LogP contribution in [0.5, 0.6) is 0 Å². The van der Waals surface area contributed by atoms with Crippen molar-refractivity contribution in [3.05, 3.63) is 12.7 Å². The summed E-state index contributed by atoms with van der Waals surface area (Å²) in [4.78, 5) is 0. The summed E-state index contributed by atoms with van der Waals surface area (Å²) in [6, 6.07) is 0. The Kier molecular flexibility index (Phi) is 5.30. The van der Waals surface area contributed by atoms with Gasteiger partial charge in [0.05, 0.1) is 19.3 Å². The molecule has 1 aliphatic rings. The summed E-state index contributed by atoms with van der Waals surface area (Å²) in [7, 11) is 0.776. The zero-order valence-electron chi connectivity index (χ0n) is 8.20. The van der Waals surface area contributed by atoms with Crippen LogP contribution in [0.25, 0.3) is 0 Å². The highest BCUT2D eigenvalue weighted by Gasteiger charge is 2.21. The van der Waals surface area contributed by atoms with E-state index < -0.39 is 0 Å². The average Bonchev–Trinajstić information content (AvgIpc) is 2.95. The Morgan fingerprint density at radius 1 is 1.69 bits per heavy atom. The molecule has 0 aromatic rings. The second-order valence-electron chi connectivity index (χ2n) is 3.18. The molecule has 76 valence electrons. The summed E-state index contributed by atoms with van der Waals surface area (Å²) in [5.74, 6) is 0. The standard InChI is InChI=1S/C9H18O3Si/c1-2-8(12-13)4-3-5-10-6-9-7-11-9/h2,8-9H,1,3-7H2,13H3. The van der Waals surface area contributed by atoms with Gasteiger partial charge < -0.3 is 13.9 Å². The van der Waals surface area contributed by atoms with Crippen LogP contribution in [-0.4, -0.2) is 42.5 Å². The fourth-order valence-corrected chi connectivity index (χ4v) is 1.53. The first-order chi connectivity index (χ1) is 6.36. The lowest BCUT2D eigenvalue weighted by atomic mass is 10.2. The lowest BCUT2D eigenvalue weighted by Gasteiger charge is -2.10. The third-order valence-electron chi connectivity index (χ3n) is 2.05. The van der Waals surface area contributed by atoms with Gasteiger partial charge in [0.25, 0.3) is 0 Å². The van der Waals surface area contributed by atoms with Gasteiger partial charge in [0.2, 0.25) is 0 Å². The maximum atomic E-state index is 5.39. The van der Waals surface area contributed by atoms with E-state index in [1.54, 1.807) is 0 Å². The lowest BCUT2D eigenvalue weighted by Crippen LogP contribution is -2.09. The highest BCUT2D eigenvalue weighted by molar-refractivity contribution is 5.98. The molecule has 3 nitrogen and oxygen atoms in total. The van der Waals surface area contributed by atoms with Crippen molar-refractivity contribution in [3.63, 3.8) is 0 Å². The first-order valence-corrected chi connectivity index (χ1v) is 5.53. The molecule has 0 aromatic heterocycles. The predicted octanol–water partition coefficient (Wildman–Crippen LogP) is 0.0336. The van der Waals surface area contributed by atoms with E-state index >= 15 is 0 Å². The second-order valence-corrected chi connectivity index (χ2v) is 3.65. The van der Waals surface area contributed by atoms with Crippen LogP contribution < -0.4 is 0 Å². The van der Waals surface area contributed by atoms with Crippen LogP contribution in [-0.2, 0) is 13.9 Å². The van der Waals surface area contributed by atoms with E-state index in [0.717, 1.165) is 43.1 Å². The molecule has 1 heterocycles. The van der Waals surface area contributed by atoms with Crippen molar-refractivity contribution >= 4 is 10.5 Å². The molecular formula is C9H18O3Si. The largest absolute Gasteiger partial charge is 0.422 e. The molecule has 1 aliphatic heterocycles. The third-order valence-corrected chi connectivity index (χ3v) is 2.65. The van der Waals surface area contributed by atoms with Crippen LogP contribution in [0.15, 0.2) is 12.7 Å². The molecule has 0 radical (unpaired) electrons. The van der Waals surface area contributed by atoms with Crippen molar-refractivity contribution in [1.29, 1.82) is 0 Å². The van der Waals surface area contributed by atoms with Gasteiger partial charge in [-0.3, -0.25) is 0 Å². The summed E-state index contributed by atoms with van der Waals surface area (Å²) < 4.78 is 15.7. The molecule has 1 fully saturated rings. The van der Waals surface area contributed by atoms with Gasteiger partial charge in [0, 0.05) is 6.61 Å². The molecule has 0 N–H and O–H groups in total. The van der Waals surface area contributed by atoms with Crippen molar-refractivity contribution in [2.24, 2.45) is 0 Å². The Labute approximate surface area is 82.6 Å². The fraction of sp³-hybridized carbons (Fsp3) is 0.778. The zero-order chi connectivity index (χ0) is 9.52. The fourth-order valence-electron chi connectivity index (χ4n) is 1.10. The molecule has 0 saturated carbocycles. The normalized spacial score (nSPS) is 22.9. The van der Waals surface area contributed by atoms with Gasteiger partial charge in [-0.05, 0) is 12.8 Å². The lowest BCUT2D eigenvalue weighted by molar-refractivity contribution is 0.107. The smallest absolute Gasteiger partial charge is 0.146 e. The van der Waals surface area contributed by atoms with Crippen LogP contribution >= 0.6 is 0 Å². The number of hydrogen-bond acceptors (Lipinski definition) is 3. The Bertz CT molecular complexity index is 148. The third kappa shape index (κ3) is 5.20. The molecule has 0 bridgehead atoms. The Hall–Kier alpha value is -0.163. The second kappa shape index (κ2) is 6.31. The van der Waals surface area contributed by atoms with Gasteiger partial charge in [-0.25, -0.2) is 0 Å². The van der Waals surface area contributed by atoms with Crippen LogP contribution in [0.4, 0.5) is 0 Å². The molecule has 0 amide bonds. The van der Waals surface area contributed by atoms with Crippen molar-refractivity contribution in [2.75, 3.05) is 19.8 Å². The van der Waals surface area contributed by atoms with E-state index in [0.29, 0.717) is 6.10 Å². The minimum Gasteiger partial charge on any atom is -0.422 e. The monoisotopic (exact) mass is 202 g/mol. The van der Waals surface area contributed by atoms with E-state index in [2.05, 4.69) is 6.58 Å². The maximum absolute atomic E-state index is 5.39. The molecule has 0 spiro atoms. The summed E-state index contributed by atoms with van der Waals surface area (Å²) >= 11 is 0. The van der Waals surface area contributed by atoms with Gasteiger partial charge in [-0.2, -0.15) is 0 Å². The SMILES string of the molecule is C=CC(CCCOCC1CO1)O[SiH3]. The summed E-state index contributed by atoms with van der Waals surface area (Å²) in [5.41, 5.74) is 0. The number of hydrogen-bond donors (Lipinski definition) is 0. The highest BCUT2D eigenvalue weighted by Crippen LogP contribution is 2.09. The molecule has 2 unspecified atom stereocenters.